The second kappa shape index (κ2) is 11.5. The predicted molar refractivity (Wildman–Crippen MR) is 84.6 cm³/mol. The summed E-state index contributed by atoms with van der Waals surface area (Å²) in [4.78, 5) is 2.33. The van der Waals surface area contributed by atoms with Crippen LogP contribution in [0.25, 0.3) is 0 Å². The van der Waals surface area contributed by atoms with Gasteiger partial charge >= 0.3 is 0 Å². The zero-order chi connectivity index (χ0) is 15.3. The van der Waals surface area contributed by atoms with Gasteiger partial charge in [-0.05, 0) is 24.1 Å². The fraction of sp³-hybridized carbons (Fsp3) is 0.625. The molecule has 0 bridgehead atoms. The van der Waals surface area contributed by atoms with Gasteiger partial charge in [-0.1, -0.05) is 12.1 Å². The molecule has 0 unspecified atom stereocenters. The van der Waals surface area contributed by atoms with E-state index >= 15 is 0 Å². The first-order chi connectivity index (χ1) is 10.3. The number of methoxy groups -OCH3 is 2. The molecule has 5 nitrogen and oxygen atoms in total. The molecule has 0 saturated heterocycles. The summed E-state index contributed by atoms with van der Waals surface area (Å²) in [5.41, 5.74) is 6.71. The number of hydrogen-bond donors (Lipinski definition) is 1. The van der Waals surface area contributed by atoms with Crippen LogP contribution in [0.4, 0.5) is 0 Å². The maximum Gasteiger partial charge on any atom is 0.119 e. The van der Waals surface area contributed by atoms with Crippen molar-refractivity contribution in [3.63, 3.8) is 0 Å². The van der Waals surface area contributed by atoms with Crippen LogP contribution in [0.2, 0.25) is 0 Å². The van der Waals surface area contributed by atoms with Gasteiger partial charge in [0, 0.05) is 40.4 Å². The smallest absolute Gasteiger partial charge is 0.119 e. The first-order valence-corrected chi connectivity index (χ1v) is 7.42. The molecular weight excluding hydrogens is 268 g/mol. The van der Waals surface area contributed by atoms with E-state index in [0.29, 0.717) is 13.2 Å². The highest BCUT2D eigenvalue weighted by molar-refractivity contribution is 5.28. The van der Waals surface area contributed by atoms with E-state index in [1.165, 1.54) is 0 Å². The summed E-state index contributed by atoms with van der Waals surface area (Å²) >= 11 is 0. The Labute approximate surface area is 128 Å². The van der Waals surface area contributed by atoms with Crippen LogP contribution in [0.15, 0.2) is 24.3 Å². The van der Waals surface area contributed by atoms with Crippen LogP contribution in [0.3, 0.4) is 0 Å². The molecule has 1 rings (SSSR count). The molecule has 0 aliphatic heterocycles. The minimum atomic E-state index is 0.541. The van der Waals surface area contributed by atoms with Gasteiger partial charge in [-0.15, -0.1) is 0 Å². The Morgan fingerprint density at radius 1 is 1.00 bits per heavy atom. The van der Waals surface area contributed by atoms with Gasteiger partial charge in [0.25, 0.3) is 0 Å². The van der Waals surface area contributed by atoms with E-state index in [1.807, 2.05) is 24.3 Å². The quantitative estimate of drug-likeness (QED) is 0.593. The lowest BCUT2D eigenvalue weighted by molar-refractivity contribution is 0.110. The molecule has 0 aliphatic rings. The fourth-order valence-corrected chi connectivity index (χ4v) is 2.02. The minimum absolute atomic E-state index is 0.541. The summed E-state index contributed by atoms with van der Waals surface area (Å²) in [6.07, 6.45) is 0.973. The van der Waals surface area contributed by atoms with Crippen LogP contribution in [-0.2, 0) is 16.0 Å². The second-order valence-electron chi connectivity index (χ2n) is 4.88. The van der Waals surface area contributed by atoms with E-state index in [1.54, 1.807) is 14.2 Å². The summed E-state index contributed by atoms with van der Waals surface area (Å²) in [5, 5.41) is 0. The zero-order valence-corrected chi connectivity index (χ0v) is 13.2. The Morgan fingerprint density at radius 3 is 2.33 bits per heavy atom. The van der Waals surface area contributed by atoms with Gasteiger partial charge < -0.3 is 19.9 Å². The van der Waals surface area contributed by atoms with Crippen LogP contribution in [-0.4, -0.2) is 58.6 Å². The minimum Gasteiger partial charge on any atom is -0.494 e. The lowest BCUT2D eigenvalue weighted by Crippen LogP contribution is -2.32. The maximum atomic E-state index is 5.76. The third kappa shape index (κ3) is 8.02. The summed E-state index contributed by atoms with van der Waals surface area (Å²) < 4.78 is 16.0. The molecule has 5 heteroatoms. The monoisotopic (exact) mass is 296 g/mol. The Bertz CT molecular complexity index is 366. The first-order valence-electron chi connectivity index (χ1n) is 7.42. The molecule has 1 aromatic carbocycles. The number of nitrogens with zero attached hydrogens (tertiary/aromatic N) is 1. The normalized spacial score (nSPS) is 11.0. The summed E-state index contributed by atoms with van der Waals surface area (Å²) in [5.74, 6) is 0.887. The number of rotatable bonds is 12. The van der Waals surface area contributed by atoms with Gasteiger partial charge in [0.2, 0.25) is 0 Å². The fourth-order valence-electron chi connectivity index (χ4n) is 2.02. The average molecular weight is 296 g/mol. The number of nitrogens with two attached hydrogens (primary N) is 1. The van der Waals surface area contributed by atoms with Crippen LogP contribution < -0.4 is 10.5 Å². The van der Waals surface area contributed by atoms with Crippen molar-refractivity contribution in [3.05, 3.63) is 29.8 Å². The highest BCUT2D eigenvalue weighted by Crippen LogP contribution is 2.13. The number of benzene rings is 1. The number of hydrogen-bond acceptors (Lipinski definition) is 5. The largest absolute Gasteiger partial charge is 0.494 e. The SMILES string of the molecule is COCCN(CCCOc1cccc(CN)c1)CCOC. The molecule has 120 valence electrons. The van der Waals surface area contributed by atoms with Gasteiger partial charge in [0.15, 0.2) is 0 Å². The van der Waals surface area contributed by atoms with Crippen molar-refractivity contribution >= 4 is 0 Å². The lowest BCUT2D eigenvalue weighted by atomic mass is 10.2. The molecule has 21 heavy (non-hydrogen) atoms. The van der Waals surface area contributed by atoms with Crippen molar-refractivity contribution in [1.29, 1.82) is 0 Å². The van der Waals surface area contributed by atoms with Crippen LogP contribution in [0, 0.1) is 0 Å². The molecule has 2 N–H and O–H groups in total. The van der Waals surface area contributed by atoms with Gasteiger partial charge in [0.05, 0.1) is 19.8 Å². The van der Waals surface area contributed by atoms with E-state index in [2.05, 4.69) is 4.90 Å². The maximum absolute atomic E-state index is 5.76. The van der Waals surface area contributed by atoms with Gasteiger partial charge in [-0.2, -0.15) is 0 Å². The highest BCUT2D eigenvalue weighted by atomic mass is 16.5. The Morgan fingerprint density at radius 2 is 1.71 bits per heavy atom. The van der Waals surface area contributed by atoms with Crippen LogP contribution >= 0.6 is 0 Å². The zero-order valence-electron chi connectivity index (χ0n) is 13.2. The van der Waals surface area contributed by atoms with E-state index in [9.17, 15) is 0 Å². The highest BCUT2D eigenvalue weighted by Gasteiger charge is 2.04. The van der Waals surface area contributed by atoms with Gasteiger partial charge in [-0.3, -0.25) is 4.90 Å². The molecule has 0 aliphatic carbocycles. The predicted octanol–water partition coefficient (Wildman–Crippen LogP) is 1.51. The van der Waals surface area contributed by atoms with Crippen molar-refractivity contribution in [2.75, 3.05) is 53.7 Å². The molecule has 0 atom stereocenters. The van der Waals surface area contributed by atoms with Gasteiger partial charge in [0.1, 0.15) is 5.75 Å². The van der Waals surface area contributed by atoms with Crippen molar-refractivity contribution in [1.82, 2.24) is 4.90 Å². The lowest BCUT2D eigenvalue weighted by Gasteiger charge is -2.21. The molecule has 0 spiro atoms. The van der Waals surface area contributed by atoms with E-state index < -0.39 is 0 Å². The molecule has 1 aromatic rings. The van der Waals surface area contributed by atoms with E-state index in [4.69, 9.17) is 19.9 Å². The molecular formula is C16H28N2O3. The average Bonchev–Trinajstić information content (AvgIpc) is 2.53. The molecule has 0 radical (unpaired) electrons. The molecule has 0 saturated carbocycles. The Kier molecular flexibility index (Phi) is 9.82. The number of ether oxygens (including phenoxy) is 3. The van der Waals surface area contributed by atoms with Crippen molar-refractivity contribution < 1.29 is 14.2 Å². The van der Waals surface area contributed by atoms with Crippen LogP contribution in [0.1, 0.15) is 12.0 Å². The van der Waals surface area contributed by atoms with Gasteiger partial charge in [-0.25, -0.2) is 0 Å². The standard InChI is InChI=1S/C16H28N2O3/c1-19-11-8-18(9-12-20-2)7-4-10-21-16-6-3-5-15(13-16)14-17/h3,5-6,13H,4,7-12,14,17H2,1-2H3. The molecule has 0 fully saturated rings. The van der Waals surface area contributed by atoms with Crippen molar-refractivity contribution in [2.24, 2.45) is 5.73 Å². The third-order valence-corrected chi connectivity index (χ3v) is 3.24. The Hall–Kier alpha value is -1.14. The molecule has 0 amide bonds. The van der Waals surface area contributed by atoms with E-state index in [0.717, 1.165) is 50.6 Å². The first kappa shape index (κ1) is 17.9. The molecule has 0 heterocycles. The molecule has 0 aromatic heterocycles. The Balaban J connectivity index is 2.25. The summed E-state index contributed by atoms with van der Waals surface area (Å²) in [7, 11) is 3.45. The third-order valence-electron chi connectivity index (χ3n) is 3.24. The summed E-state index contributed by atoms with van der Waals surface area (Å²) in [6, 6.07) is 7.94. The topological polar surface area (TPSA) is 57.0 Å². The van der Waals surface area contributed by atoms with Crippen LogP contribution in [0.5, 0.6) is 5.75 Å². The van der Waals surface area contributed by atoms with E-state index in [-0.39, 0.29) is 0 Å². The summed E-state index contributed by atoms with van der Waals surface area (Å²) in [6.45, 7) is 5.53. The van der Waals surface area contributed by atoms with Crippen molar-refractivity contribution in [3.8, 4) is 5.75 Å². The van der Waals surface area contributed by atoms with Crippen molar-refractivity contribution in [2.45, 2.75) is 13.0 Å². The second-order valence-corrected chi connectivity index (χ2v) is 4.88.